The van der Waals surface area contributed by atoms with Crippen molar-refractivity contribution in [2.24, 2.45) is 0 Å². The van der Waals surface area contributed by atoms with E-state index in [1.165, 1.54) is 12.1 Å². The third-order valence-corrected chi connectivity index (χ3v) is 3.87. The first-order valence-corrected chi connectivity index (χ1v) is 7.95. The molecule has 2 aromatic heterocycles. The van der Waals surface area contributed by atoms with Gasteiger partial charge in [-0.2, -0.15) is 13.2 Å². The van der Waals surface area contributed by atoms with Gasteiger partial charge in [0.25, 0.3) is 0 Å². The maximum Gasteiger partial charge on any atom is 0.416 e. The number of halogens is 3. The molecule has 0 bridgehead atoms. The van der Waals surface area contributed by atoms with Gasteiger partial charge < -0.3 is 9.40 Å². The van der Waals surface area contributed by atoms with Gasteiger partial charge in [-0.3, -0.25) is 0 Å². The molecule has 4 nitrogen and oxygen atoms in total. The molecule has 0 aliphatic carbocycles. The molecule has 4 aromatic rings. The predicted octanol–water partition coefficient (Wildman–Crippen LogP) is 5.28. The fraction of sp³-hybridized carbons (Fsp3) is 0.0500. The number of nitrogens with zero attached hydrogens (tertiary/aromatic N) is 3. The summed E-state index contributed by atoms with van der Waals surface area (Å²) < 4.78 is 43.6. The zero-order chi connectivity index (χ0) is 18.9. The van der Waals surface area contributed by atoms with Crippen molar-refractivity contribution in [3.63, 3.8) is 0 Å². The number of hydrogen-bond donors (Lipinski definition) is 0. The normalized spacial score (nSPS) is 11.1. The van der Waals surface area contributed by atoms with Gasteiger partial charge in [-0.05, 0) is 41.6 Å². The number of aromatic nitrogens is 3. The van der Waals surface area contributed by atoms with Crippen molar-refractivity contribution in [3.8, 4) is 34.2 Å². The van der Waals surface area contributed by atoms with E-state index in [0.29, 0.717) is 11.1 Å². The molecule has 1 radical (unpaired) electrons. The summed E-state index contributed by atoms with van der Waals surface area (Å²) in [6.07, 6.45) is -2.70. The third kappa shape index (κ3) is 4.18. The number of rotatable bonds is 3. The van der Waals surface area contributed by atoms with Crippen LogP contribution in [0.5, 0.6) is 0 Å². The Bertz CT molecular complexity index is 1060. The molecule has 0 N–H and O–H groups in total. The summed E-state index contributed by atoms with van der Waals surface area (Å²) in [6, 6.07) is 18.5. The average Bonchev–Trinajstić information content (AvgIpc) is 3.19. The molecule has 2 heterocycles. The number of alkyl halides is 3. The molecular formula is C20H11F3IrN3O-. The minimum atomic E-state index is -4.39. The van der Waals surface area contributed by atoms with Crippen LogP contribution in [0.15, 0.2) is 71.3 Å². The van der Waals surface area contributed by atoms with Crippen molar-refractivity contribution in [2.45, 2.75) is 6.18 Å². The summed E-state index contributed by atoms with van der Waals surface area (Å²) in [5.74, 6) is 0.405. The first-order chi connectivity index (χ1) is 13.0. The first kappa shape index (κ1) is 19.9. The van der Waals surface area contributed by atoms with Crippen LogP contribution < -0.4 is 0 Å². The summed E-state index contributed by atoms with van der Waals surface area (Å²) in [4.78, 5) is 4.27. The van der Waals surface area contributed by atoms with E-state index in [-0.39, 0.29) is 31.9 Å². The summed E-state index contributed by atoms with van der Waals surface area (Å²) in [7, 11) is 0. The molecule has 0 amide bonds. The fourth-order valence-corrected chi connectivity index (χ4v) is 2.53. The molecule has 0 aliphatic rings. The molecule has 4 rings (SSSR count). The molecule has 0 atom stereocenters. The van der Waals surface area contributed by atoms with Crippen LogP contribution in [0.1, 0.15) is 5.56 Å². The molecular weight excluding hydrogens is 547 g/mol. The van der Waals surface area contributed by atoms with Crippen LogP contribution >= 0.6 is 0 Å². The maximum atomic E-state index is 12.7. The van der Waals surface area contributed by atoms with E-state index in [4.69, 9.17) is 4.42 Å². The van der Waals surface area contributed by atoms with E-state index in [1.807, 2.05) is 24.3 Å². The quantitative estimate of drug-likeness (QED) is 0.321. The van der Waals surface area contributed by atoms with Crippen LogP contribution in [0, 0.1) is 6.07 Å². The van der Waals surface area contributed by atoms with E-state index < -0.39 is 11.7 Å². The summed E-state index contributed by atoms with van der Waals surface area (Å²) in [5, 5.41) is 7.93. The van der Waals surface area contributed by atoms with Gasteiger partial charge in [-0.25, -0.2) is 0 Å². The maximum absolute atomic E-state index is 12.7. The Morgan fingerprint density at radius 1 is 0.857 bits per heavy atom. The molecule has 0 spiro atoms. The second-order valence-electron chi connectivity index (χ2n) is 5.69. The molecule has 2 aromatic carbocycles. The van der Waals surface area contributed by atoms with E-state index >= 15 is 0 Å². The summed E-state index contributed by atoms with van der Waals surface area (Å²) in [6.45, 7) is 0. The molecule has 0 saturated carbocycles. The molecule has 8 heteroatoms. The van der Waals surface area contributed by atoms with Crippen molar-refractivity contribution >= 4 is 0 Å². The van der Waals surface area contributed by atoms with Gasteiger partial charge in [0.1, 0.15) is 0 Å². The van der Waals surface area contributed by atoms with Gasteiger partial charge in [0.15, 0.2) is 0 Å². The number of pyridine rings is 1. The SMILES string of the molecule is FC(F)(F)c1ccc(-c2nnc(-c3cc[c-]c(-c4ccccn4)c3)o2)cc1.[Ir]. The third-order valence-electron chi connectivity index (χ3n) is 3.87. The number of hydrogen-bond acceptors (Lipinski definition) is 4. The second kappa shape index (κ2) is 8.04. The predicted molar refractivity (Wildman–Crippen MR) is 92.2 cm³/mol. The standard InChI is InChI=1S/C20H11F3N3O.Ir/c21-20(22,23)16-9-7-13(8-10-16)18-25-26-19(27-18)15-5-3-4-14(12-15)17-6-1-2-11-24-17;/h1-3,5-12H;/q-1;. The summed E-state index contributed by atoms with van der Waals surface area (Å²) in [5.41, 5.74) is 1.86. The molecule has 0 aliphatic heterocycles. The van der Waals surface area contributed by atoms with Crippen molar-refractivity contribution in [2.75, 3.05) is 0 Å². The van der Waals surface area contributed by atoms with Crippen molar-refractivity contribution in [1.29, 1.82) is 0 Å². The van der Waals surface area contributed by atoms with E-state index in [1.54, 1.807) is 18.3 Å². The molecule has 143 valence electrons. The average molecular weight is 559 g/mol. The minimum Gasteiger partial charge on any atom is -0.418 e. The Labute approximate surface area is 171 Å². The molecule has 0 saturated heterocycles. The van der Waals surface area contributed by atoms with Gasteiger partial charge in [0, 0.05) is 31.9 Å². The van der Waals surface area contributed by atoms with Gasteiger partial charge >= 0.3 is 6.18 Å². The minimum absolute atomic E-state index is 0. The van der Waals surface area contributed by atoms with Crippen molar-refractivity contribution < 1.29 is 37.7 Å². The Balaban J connectivity index is 0.00000225. The van der Waals surface area contributed by atoms with Crippen LogP contribution in [-0.4, -0.2) is 15.2 Å². The van der Waals surface area contributed by atoms with Gasteiger partial charge in [0.2, 0.25) is 11.8 Å². The monoisotopic (exact) mass is 559 g/mol. The number of benzene rings is 2. The van der Waals surface area contributed by atoms with Gasteiger partial charge in [-0.15, -0.1) is 40.0 Å². The fourth-order valence-electron chi connectivity index (χ4n) is 2.53. The van der Waals surface area contributed by atoms with E-state index in [2.05, 4.69) is 21.2 Å². The van der Waals surface area contributed by atoms with Crippen LogP contribution in [0.25, 0.3) is 34.2 Å². The molecule has 0 unspecified atom stereocenters. The van der Waals surface area contributed by atoms with Crippen LogP contribution in [0.4, 0.5) is 13.2 Å². The zero-order valence-electron chi connectivity index (χ0n) is 14.1. The van der Waals surface area contributed by atoms with E-state index in [0.717, 1.165) is 23.4 Å². The Morgan fingerprint density at radius 3 is 2.21 bits per heavy atom. The van der Waals surface area contributed by atoms with Crippen LogP contribution in [0.2, 0.25) is 0 Å². The smallest absolute Gasteiger partial charge is 0.416 e. The van der Waals surface area contributed by atoms with Gasteiger partial charge in [-0.1, -0.05) is 12.1 Å². The second-order valence-corrected chi connectivity index (χ2v) is 5.69. The topological polar surface area (TPSA) is 51.8 Å². The van der Waals surface area contributed by atoms with Crippen LogP contribution in [-0.2, 0) is 26.3 Å². The van der Waals surface area contributed by atoms with Crippen molar-refractivity contribution in [3.05, 3.63) is 78.5 Å². The van der Waals surface area contributed by atoms with Crippen molar-refractivity contribution in [1.82, 2.24) is 15.2 Å². The zero-order valence-corrected chi connectivity index (χ0v) is 16.5. The Hall–Kier alpha value is -2.83. The Morgan fingerprint density at radius 2 is 1.57 bits per heavy atom. The summed E-state index contributed by atoms with van der Waals surface area (Å²) >= 11 is 0. The Kier molecular flexibility index (Phi) is 5.72. The van der Waals surface area contributed by atoms with Gasteiger partial charge in [0.05, 0.1) is 5.56 Å². The van der Waals surface area contributed by atoms with Crippen LogP contribution in [0.3, 0.4) is 0 Å². The molecule has 28 heavy (non-hydrogen) atoms. The van der Waals surface area contributed by atoms with E-state index in [9.17, 15) is 13.2 Å². The first-order valence-electron chi connectivity index (χ1n) is 7.95. The molecule has 0 fully saturated rings. The largest absolute Gasteiger partial charge is 0.418 e.